The van der Waals surface area contributed by atoms with E-state index in [1.807, 2.05) is 20.8 Å². The van der Waals surface area contributed by atoms with Crippen molar-refractivity contribution in [1.82, 2.24) is 15.1 Å². The van der Waals surface area contributed by atoms with E-state index in [0.717, 1.165) is 41.7 Å². The first-order chi connectivity index (χ1) is 15.0. The highest BCUT2D eigenvalue weighted by atomic mass is 19.4. The Labute approximate surface area is 188 Å². The van der Waals surface area contributed by atoms with Crippen LogP contribution in [0.25, 0.3) is 10.9 Å². The van der Waals surface area contributed by atoms with E-state index in [1.54, 1.807) is 0 Å². The van der Waals surface area contributed by atoms with Crippen LogP contribution in [0.1, 0.15) is 69.2 Å². The molecule has 1 saturated heterocycles. The topological polar surface area (TPSA) is 29.0 Å². The number of hydrogen-bond acceptors (Lipinski definition) is 3. The molecule has 2 heterocycles. The number of halogens is 3. The Balaban J connectivity index is 1.58. The van der Waals surface area contributed by atoms with E-state index in [2.05, 4.69) is 37.1 Å². The second-order valence-electron chi connectivity index (χ2n) is 11.3. The van der Waals surface area contributed by atoms with E-state index in [0.29, 0.717) is 12.3 Å². The molecule has 0 amide bonds. The number of nitrogens with zero attached hydrogens (tertiary/aromatic N) is 3. The van der Waals surface area contributed by atoms with Gasteiger partial charge in [0.2, 0.25) is 0 Å². The number of aryl methyl sites for hydroxylation is 1. The molecule has 4 unspecified atom stereocenters. The second kappa shape index (κ2) is 7.15. The van der Waals surface area contributed by atoms with E-state index in [4.69, 9.17) is 10.2 Å². The SMILES string of the molecule is Cc1c([C@]23CC(C(C(F)(F)F)CC2C)C3(C)C)nnc2c(C3CCCN(C)C3)cccc12. The van der Waals surface area contributed by atoms with Crippen molar-refractivity contribution < 1.29 is 13.2 Å². The molecule has 4 aliphatic rings. The van der Waals surface area contributed by atoms with Gasteiger partial charge in [-0.05, 0) is 80.5 Å². The molecule has 6 rings (SSSR count). The lowest BCUT2D eigenvalue weighted by molar-refractivity contribution is -0.273. The van der Waals surface area contributed by atoms with Crippen molar-refractivity contribution in [3.8, 4) is 0 Å². The minimum atomic E-state index is -4.13. The van der Waals surface area contributed by atoms with Crippen LogP contribution in [0.3, 0.4) is 0 Å². The minimum Gasteiger partial charge on any atom is -0.306 e. The van der Waals surface area contributed by atoms with Crippen molar-refractivity contribution in [1.29, 1.82) is 0 Å². The molecule has 2 bridgehead atoms. The standard InChI is InChI=1S/C26H34F3N3/c1-15-12-20(26(27,28)29)21-13-25(15,24(21,3)4)23-16(2)18-9-6-10-19(22(18)30-31-23)17-8-7-11-32(5)14-17/h6,9-10,15,17,20-21H,7-8,11-14H2,1-5H3/t15?,17?,20?,21?,25-/m0/s1. The number of piperidine rings is 1. The van der Waals surface area contributed by atoms with Gasteiger partial charge in [-0.2, -0.15) is 18.3 Å². The first-order valence-electron chi connectivity index (χ1n) is 12.0. The summed E-state index contributed by atoms with van der Waals surface area (Å²) in [6.45, 7) is 10.3. The Morgan fingerprint density at radius 1 is 1.16 bits per heavy atom. The fourth-order valence-corrected chi connectivity index (χ4v) is 7.74. The zero-order chi connectivity index (χ0) is 23.1. The summed E-state index contributed by atoms with van der Waals surface area (Å²) in [4.78, 5) is 2.37. The van der Waals surface area contributed by atoms with Crippen LogP contribution in [0.4, 0.5) is 13.2 Å². The van der Waals surface area contributed by atoms with Crippen LogP contribution in [-0.2, 0) is 5.41 Å². The molecule has 2 aromatic rings. The zero-order valence-corrected chi connectivity index (χ0v) is 19.8. The van der Waals surface area contributed by atoms with Crippen LogP contribution in [0, 0.1) is 30.1 Å². The molecule has 1 aromatic carbocycles. The maximum atomic E-state index is 13.8. The Kier molecular flexibility index (Phi) is 4.94. The summed E-state index contributed by atoms with van der Waals surface area (Å²) in [5.41, 5.74) is 3.46. The number of alkyl halides is 3. The van der Waals surface area contributed by atoms with Gasteiger partial charge >= 0.3 is 6.18 Å². The van der Waals surface area contributed by atoms with Crippen molar-refractivity contribution in [2.24, 2.45) is 23.2 Å². The van der Waals surface area contributed by atoms with Crippen molar-refractivity contribution in [3.05, 3.63) is 35.0 Å². The first kappa shape index (κ1) is 22.1. The average molecular weight is 446 g/mol. The molecule has 0 N–H and O–H groups in total. The molecule has 1 aromatic heterocycles. The van der Waals surface area contributed by atoms with Gasteiger partial charge in [0.1, 0.15) is 0 Å². The summed E-state index contributed by atoms with van der Waals surface area (Å²) in [6.07, 6.45) is -1.06. The van der Waals surface area contributed by atoms with Crippen LogP contribution in [-0.4, -0.2) is 41.4 Å². The third-order valence-corrected chi connectivity index (χ3v) is 9.54. The maximum Gasteiger partial charge on any atom is 0.392 e. The molecule has 4 fully saturated rings. The molecule has 32 heavy (non-hydrogen) atoms. The van der Waals surface area contributed by atoms with Crippen molar-refractivity contribution in [2.75, 3.05) is 20.1 Å². The van der Waals surface area contributed by atoms with Crippen LogP contribution < -0.4 is 0 Å². The zero-order valence-electron chi connectivity index (χ0n) is 19.8. The van der Waals surface area contributed by atoms with E-state index >= 15 is 0 Å². The Bertz CT molecular complexity index is 1050. The molecule has 3 saturated carbocycles. The molecule has 3 nitrogen and oxygen atoms in total. The Morgan fingerprint density at radius 3 is 2.53 bits per heavy atom. The van der Waals surface area contributed by atoms with Gasteiger partial charge in [-0.1, -0.05) is 39.0 Å². The van der Waals surface area contributed by atoms with Gasteiger partial charge in [-0.15, -0.1) is 5.10 Å². The van der Waals surface area contributed by atoms with Crippen molar-refractivity contribution in [2.45, 2.75) is 70.9 Å². The van der Waals surface area contributed by atoms with E-state index in [9.17, 15) is 13.2 Å². The Hall–Kier alpha value is -1.69. The van der Waals surface area contributed by atoms with Crippen LogP contribution in [0.15, 0.2) is 18.2 Å². The number of benzene rings is 1. The summed E-state index contributed by atoms with van der Waals surface area (Å²) in [6, 6.07) is 6.41. The summed E-state index contributed by atoms with van der Waals surface area (Å²) in [5, 5.41) is 10.7. The predicted octanol–water partition coefficient (Wildman–Crippen LogP) is 6.25. The number of hydrogen-bond donors (Lipinski definition) is 0. The monoisotopic (exact) mass is 445 g/mol. The lowest BCUT2D eigenvalue weighted by atomic mass is 9.33. The van der Waals surface area contributed by atoms with Crippen LogP contribution in [0.2, 0.25) is 0 Å². The summed E-state index contributed by atoms with van der Waals surface area (Å²) in [5.74, 6) is -1.20. The third-order valence-electron chi connectivity index (χ3n) is 9.54. The fraction of sp³-hybridized carbons (Fsp3) is 0.692. The number of fused-ring (bicyclic) bond motifs is 3. The quantitative estimate of drug-likeness (QED) is 0.547. The highest BCUT2D eigenvalue weighted by molar-refractivity contribution is 5.85. The molecular weight excluding hydrogens is 411 g/mol. The normalized spacial score (nSPS) is 35.0. The number of aromatic nitrogens is 2. The van der Waals surface area contributed by atoms with Gasteiger partial charge in [0.15, 0.2) is 0 Å². The van der Waals surface area contributed by atoms with Crippen molar-refractivity contribution in [3.63, 3.8) is 0 Å². The van der Waals surface area contributed by atoms with E-state index in [1.165, 1.54) is 12.0 Å². The minimum absolute atomic E-state index is 0.0882. The Morgan fingerprint density at radius 2 is 1.91 bits per heavy atom. The van der Waals surface area contributed by atoms with E-state index in [-0.39, 0.29) is 23.7 Å². The smallest absolute Gasteiger partial charge is 0.306 e. The number of likely N-dealkylation sites (N-methyl/N-ethyl adjacent to an activating group) is 1. The van der Waals surface area contributed by atoms with Gasteiger partial charge in [0.05, 0.1) is 17.1 Å². The molecule has 1 aliphatic heterocycles. The molecule has 3 aliphatic carbocycles. The van der Waals surface area contributed by atoms with Crippen LogP contribution >= 0.6 is 0 Å². The highest BCUT2D eigenvalue weighted by Crippen LogP contribution is 2.73. The van der Waals surface area contributed by atoms with Gasteiger partial charge in [-0.25, -0.2) is 0 Å². The largest absolute Gasteiger partial charge is 0.392 e. The average Bonchev–Trinajstić information content (AvgIpc) is 2.73. The molecular formula is C26H34F3N3. The third kappa shape index (κ3) is 2.90. The lowest BCUT2D eigenvalue weighted by Crippen LogP contribution is -2.69. The maximum absolute atomic E-state index is 13.8. The van der Waals surface area contributed by atoms with Crippen LogP contribution in [0.5, 0.6) is 0 Å². The van der Waals surface area contributed by atoms with E-state index < -0.39 is 17.5 Å². The van der Waals surface area contributed by atoms with Gasteiger partial charge in [0, 0.05) is 17.3 Å². The molecule has 5 atom stereocenters. The second-order valence-corrected chi connectivity index (χ2v) is 11.3. The highest BCUT2D eigenvalue weighted by Gasteiger charge is 2.72. The summed E-state index contributed by atoms with van der Waals surface area (Å²) >= 11 is 0. The van der Waals surface area contributed by atoms with Gasteiger partial charge in [0.25, 0.3) is 0 Å². The van der Waals surface area contributed by atoms with Crippen molar-refractivity contribution >= 4 is 10.9 Å². The summed E-state index contributed by atoms with van der Waals surface area (Å²) in [7, 11) is 2.17. The summed E-state index contributed by atoms with van der Waals surface area (Å²) < 4.78 is 41.3. The molecule has 0 radical (unpaired) electrons. The van der Waals surface area contributed by atoms with Gasteiger partial charge in [-0.3, -0.25) is 0 Å². The first-order valence-corrected chi connectivity index (χ1v) is 12.0. The molecule has 0 spiro atoms. The molecule has 6 heteroatoms. The lowest BCUT2D eigenvalue weighted by Gasteiger charge is -2.70. The number of rotatable bonds is 2. The predicted molar refractivity (Wildman–Crippen MR) is 121 cm³/mol. The molecule has 174 valence electrons. The number of likely N-dealkylation sites (tertiary alicyclic amines) is 1. The fourth-order valence-electron chi connectivity index (χ4n) is 7.74. The van der Waals surface area contributed by atoms with Gasteiger partial charge < -0.3 is 4.90 Å².